The van der Waals surface area contributed by atoms with Gasteiger partial charge in [0.2, 0.25) is 11.8 Å². The third-order valence-corrected chi connectivity index (χ3v) is 6.66. The van der Waals surface area contributed by atoms with Crippen molar-refractivity contribution in [3.63, 3.8) is 0 Å². The number of amides is 2. The average Bonchev–Trinajstić information content (AvgIpc) is 3.32. The standard InChI is InChI=1S/C22H30FN3O3/c1-2-29-14-20(27)25-8-6-15(7-9-25)22(28)26-13-17-11-24-12-19(17)21(26)16-4-3-5-18(23)10-16/h3-5,10,15,17,19,21,24H,2,6-9,11-14H2,1H3/t17-,19-,21+/m0/s1. The molecule has 3 atom stereocenters. The quantitative estimate of drug-likeness (QED) is 0.815. The van der Waals surface area contributed by atoms with E-state index in [-0.39, 0.29) is 36.2 Å². The first-order valence-corrected chi connectivity index (χ1v) is 10.7. The van der Waals surface area contributed by atoms with E-state index in [1.54, 1.807) is 17.0 Å². The number of nitrogens with one attached hydrogen (secondary N) is 1. The van der Waals surface area contributed by atoms with Gasteiger partial charge in [-0.05, 0) is 43.4 Å². The predicted octanol–water partition coefficient (Wildman–Crippen LogP) is 1.82. The van der Waals surface area contributed by atoms with Crippen LogP contribution in [0.15, 0.2) is 24.3 Å². The normalized spacial score (nSPS) is 27.3. The van der Waals surface area contributed by atoms with Gasteiger partial charge in [0.1, 0.15) is 12.4 Å². The molecule has 3 aliphatic heterocycles. The van der Waals surface area contributed by atoms with Crippen molar-refractivity contribution in [1.29, 1.82) is 0 Å². The van der Waals surface area contributed by atoms with E-state index in [0.717, 1.165) is 25.2 Å². The maximum atomic E-state index is 13.9. The molecule has 0 aromatic heterocycles. The molecule has 29 heavy (non-hydrogen) atoms. The van der Waals surface area contributed by atoms with E-state index in [1.165, 1.54) is 6.07 Å². The van der Waals surface area contributed by atoms with Crippen LogP contribution in [0.3, 0.4) is 0 Å². The van der Waals surface area contributed by atoms with Crippen LogP contribution >= 0.6 is 0 Å². The van der Waals surface area contributed by atoms with Crippen molar-refractivity contribution in [1.82, 2.24) is 15.1 Å². The summed E-state index contributed by atoms with van der Waals surface area (Å²) >= 11 is 0. The molecule has 1 N–H and O–H groups in total. The fraction of sp³-hybridized carbons (Fsp3) is 0.636. The van der Waals surface area contributed by atoms with Crippen LogP contribution < -0.4 is 5.32 Å². The molecule has 7 heteroatoms. The Kier molecular flexibility index (Phi) is 6.15. The second kappa shape index (κ2) is 8.79. The number of benzene rings is 1. The van der Waals surface area contributed by atoms with E-state index >= 15 is 0 Å². The number of fused-ring (bicyclic) bond motifs is 1. The summed E-state index contributed by atoms with van der Waals surface area (Å²) in [6, 6.07) is 6.61. The van der Waals surface area contributed by atoms with Gasteiger partial charge in [0.25, 0.3) is 0 Å². The molecule has 1 aromatic carbocycles. The Bertz CT molecular complexity index is 751. The number of piperidine rings is 1. The first-order valence-electron chi connectivity index (χ1n) is 10.7. The molecule has 0 radical (unpaired) electrons. The van der Waals surface area contributed by atoms with Crippen LogP contribution in [-0.2, 0) is 14.3 Å². The van der Waals surface area contributed by atoms with Gasteiger partial charge in [-0.3, -0.25) is 9.59 Å². The Labute approximate surface area is 171 Å². The second-order valence-electron chi connectivity index (χ2n) is 8.36. The fourth-order valence-electron chi connectivity index (χ4n) is 5.16. The highest BCUT2D eigenvalue weighted by molar-refractivity contribution is 5.81. The Hall–Kier alpha value is -1.99. The van der Waals surface area contributed by atoms with Gasteiger partial charge < -0.3 is 19.9 Å². The van der Waals surface area contributed by atoms with E-state index in [4.69, 9.17) is 4.74 Å². The zero-order chi connectivity index (χ0) is 20.4. The monoisotopic (exact) mass is 403 g/mol. The number of likely N-dealkylation sites (tertiary alicyclic amines) is 2. The molecule has 158 valence electrons. The van der Waals surface area contributed by atoms with Crippen molar-refractivity contribution in [2.45, 2.75) is 25.8 Å². The fourth-order valence-corrected chi connectivity index (χ4v) is 5.16. The van der Waals surface area contributed by atoms with Crippen molar-refractivity contribution in [2.75, 3.05) is 45.9 Å². The third-order valence-electron chi connectivity index (χ3n) is 6.66. The van der Waals surface area contributed by atoms with Crippen molar-refractivity contribution in [3.05, 3.63) is 35.6 Å². The van der Waals surface area contributed by atoms with Gasteiger partial charge >= 0.3 is 0 Å². The smallest absolute Gasteiger partial charge is 0.248 e. The van der Waals surface area contributed by atoms with Crippen LogP contribution in [0.25, 0.3) is 0 Å². The Morgan fingerprint density at radius 1 is 1.24 bits per heavy atom. The number of rotatable bonds is 5. The molecule has 0 unspecified atom stereocenters. The molecule has 0 spiro atoms. The number of nitrogens with zero attached hydrogens (tertiary/aromatic N) is 2. The average molecular weight is 403 g/mol. The minimum Gasteiger partial charge on any atom is -0.372 e. The van der Waals surface area contributed by atoms with Gasteiger partial charge in [0, 0.05) is 51.2 Å². The largest absolute Gasteiger partial charge is 0.372 e. The topological polar surface area (TPSA) is 61.9 Å². The van der Waals surface area contributed by atoms with E-state index in [9.17, 15) is 14.0 Å². The summed E-state index contributed by atoms with van der Waals surface area (Å²) in [5.41, 5.74) is 0.888. The Morgan fingerprint density at radius 2 is 2.03 bits per heavy atom. The summed E-state index contributed by atoms with van der Waals surface area (Å²) in [6.07, 6.45) is 1.35. The summed E-state index contributed by atoms with van der Waals surface area (Å²) in [5.74, 6) is 0.566. The van der Waals surface area contributed by atoms with Crippen molar-refractivity contribution < 1.29 is 18.7 Å². The van der Waals surface area contributed by atoms with E-state index in [0.29, 0.717) is 44.4 Å². The van der Waals surface area contributed by atoms with Gasteiger partial charge in [0.15, 0.2) is 0 Å². The van der Waals surface area contributed by atoms with Crippen LogP contribution in [0.4, 0.5) is 4.39 Å². The molecular weight excluding hydrogens is 373 g/mol. The lowest BCUT2D eigenvalue weighted by Crippen LogP contribution is -2.46. The van der Waals surface area contributed by atoms with Gasteiger partial charge in [-0.25, -0.2) is 4.39 Å². The molecule has 4 rings (SSSR count). The van der Waals surface area contributed by atoms with Crippen LogP contribution in [0.2, 0.25) is 0 Å². The lowest BCUT2D eigenvalue weighted by Gasteiger charge is -2.36. The van der Waals surface area contributed by atoms with Crippen LogP contribution in [-0.4, -0.2) is 67.6 Å². The summed E-state index contributed by atoms with van der Waals surface area (Å²) in [4.78, 5) is 29.4. The second-order valence-corrected chi connectivity index (χ2v) is 8.36. The summed E-state index contributed by atoms with van der Waals surface area (Å²) in [5, 5.41) is 3.42. The van der Waals surface area contributed by atoms with Crippen molar-refractivity contribution >= 4 is 11.8 Å². The number of carbonyl (C=O) groups is 2. The highest BCUT2D eigenvalue weighted by Crippen LogP contribution is 2.44. The van der Waals surface area contributed by atoms with Crippen molar-refractivity contribution in [3.8, 4) is 0 Å². The van der Waals surface area contributed by atoms with Gasteiger partial charge in [-0.15, -0.1) is 0 Å². The third kappa shape index (κ3) is 4.16. The molecule has 3 aliphatic rings. The van der Waals surface area contributed by atoms with Crippen LogP contribution in [0.1, 0.15) is 31.4 Å². The van der Waals surface area contributed by atoms with E-state index < -0.39 is 0 Å². The summed E-state index contributed by atoms with van der Waals surface area (Å²) < 4.78 is 19.1. The predicted molar refractivity (Wildman–Crippen MR) is 107 cm³/mol. The van der Waals surface area contributed by atoms with E-state index in [1.807, 2.05) is 17.9 Å². The maximum Gasteiger partial charge on any atom is 0.248 e. The zero-order valence-corrected chi connectivity index (χ0v) is 17.0. The molecule has 2 amide bonds. The molecule has 3 fully saturated rings. The number of hydrogen-bond acceptors (Lipinski definition) is 4. The summed E-state index contributed by atoms with van der Waals surface area (Å²) in [7, 11) is 0. The van der Waals surface area contributed by atoms with Crippen LogP contribution in [0, 0.1) is 23.6 Å². The molecule has 0 saturated carbocycles. The highest BCUT2D eigenvalue weighted by atomic mass is 19.1. The molecule has 3 heterocycles. The molecule has 3 saturated heterocycles. The number of hydrogen-bond donors (Lipinski definition) is 1. The molecule has 0 aliphatic carbocycles. The molecule has 0 bridgehead atoms. The van der Waals surface area contributed by atoms with Gasteiger partial charge in [0.05, 0.1) is 6.04 Å². The molecule has 1 aromatic rings. The van der Waals surface area contributed by atoms with Gasteiger partial charge in [-0.1, -0.05) is 12.1 Å². The number of carbonyl (C=O) groups excluding carboxylic acids is 2. The van der Waals surface area contributed by atoms with Crippen LogP contribution in [0.5, 0.6) is 0 Å². The highest BCUT2D eigenvalue weighted by Gasteiger charge is 2.48. The Balaban J connectivity index is 1.44. The zero-order valence-electron chi connectivity index (χ0n) is 17.0. The minimum absolute atomic E-state index is 0.00262. The summed E-state index contributed by atoms with van der Waals surface area (Å²) in [6.45, 7) is 6.18. The molecular formula is C22H30FN3O3. The lowest BCUT2D eigenvalue weighted by molar-refractivity contribution is -0.143. The van der Waals surface area contributed by atoms with Crippen molar-refractivity contribution in [2.24, 2.45) is 17.8 Å². The maximum absolute atomic E-state index is 13.9. The lowest BCUT2D eigenvalue weighted by atomic mass is 9.89. The number of halogens is 1. The minimum atomic E-state index is -0.259. The first kappa shape index (κ1) is 20.3. The van der Waals surface area contributed by atoms with Gasteiger partial charge in [-0.2, -0.15) is 0 Å². The van der Waals surface area contributed by atoms with E-state index in [2.05, 4.69) is 5.32 Å². The number of ether oxygens (including phenoxy) is 1. The Morgan fingerprint density at radius 3 is 2.76 bits per heavy atom. The SMILES string of the molecule is CCOCC(=O)N1CCC(C(=O)N2C[C@@H]3CNC[C@@H]3[C@H]2c2cccc(F)c2)CC1. The first-order chi connectivity index (χ1) is 14.1. The molecule has 6 nitrogen and oxygen atoms in total.